The van der Waals surface area contributed by atoms with Crippen molar-refractivity contribution >= 4 is 132 Å². The summed E-state index contributed by atoms with van der Waals surface area (Å²) in [6, 6.07) is 57.4. The zero-order valence-electron chi connectivity index (χ0n) is 59.5. The zero-order chi connectivity index (χ0) is 70.8. The van der Waals surface area contributed by atoms with Crippen LogP contribution in [0.25, 0.3) is 177 Å². The summed E-state index contributed by atoms with van der Waals surface area (Å²) in [6.07, 6.45) is 15.7. The van der Waals surface area contributed by atoms with Crippen molar-refractivity contribution in [1.82, 2.24) is 19.9 Å². The van der Waals surface area contributed by atoms with E-state index in [9.17, 15) is 0 Å². The molecule has 0 N–H and O–H groups in total. The van der Waals surface area contributed by atoms with Crippen LogP contribution < -0.4 is 18.3 Å². The van der Waals surface area contributed by atoms with E-state index < -0.39 is 0 Å². The molecule has 16 heteroatoms. The van der Waals surface area contributed by atoms with Crippen LogP contribution in [0.2, 0.25) is 0 Å². The van der Waals surface area contributed by atoms with Gasteiger partial charge in [-0.15, -0.1) is 0 Å². The van der Waals surface area contributed by atoms with Crippen LogP contribution in [0, 0.1) is 41.5 Å². The van der Waals surface area contributed by atoms with E-state index in [1.165, 1.54) is 54.5 Å². The fraction of sp³-hybridized carbons (Fsp3) is 0.182. The molecule has 0 atom stereocenters. The van der Waals surface area contributed by atoms with Gasteiger partial charge in [-0.2, -0.15) is 0 Å². The first-order chi connectivity index (χ1) is 50.7. The van der Waals surface area contributed by atoms with Gasteiger partial charge in [-0.1, -0.05) is 99.9 Å². The summed E-state index contributed by atoms with van der Waals surface area (Å²) in [5.41, 5.74) is 30.2. The fourth-order valence-electron chi connectivity index (χ4n) is 15.4. The predicted molar refractivity (Wildman–Crippen MR) is 406 cm³/mol. The summed E-state index contributed by atoms with van der Waals surface area (Å²) in [5.74, 6) is 0.565. The first-order valence-electron chi connectivity index (χ1n) is 35.3. The Morgan fingerprint density at radius 3 is 1.14 bits per heavy atom. The van der Waals surface area contributed by atoms with Gasteiger partial charge in [0.2, 0.25) is 0 Å². The topological polar surface area (TPSA) is 172 Å². The number of furan rings is 8. The van der Waals surface area contributed by atoms with Crippen LogP contribution in [0.4, 0.5) is 0 Å². The van der Waals surface area contributed by atoms with Gasteiger partial charge in [0.15, 0.2) is 72.9 Å². The minimum atomic E-state index is 0.565. The second kappa shape index (κ2) is 25.2. The van der Waals surface area contributed by atoms with Gasteiger partial charge in [0.25, 0.3) is 25.3 Å². The average Bonchev–Trinajstić information content (AvgIpc) is 1.59. The van der Waals surface area contributed by atoms with Crippen molar-refractivity contribution in [3.8, 4) is 45.0 Å². The van der Waals surface area contributed by atoms with Crippen LogP contribution >= 0.6 is 0 Å². The molecule has 0 radical (unpaired) electrons. The number of hydrogen-bond acceptors (Lipinski definition) is 12. The maximum atomic E-state index is 6.48. The molecular weight excluding hydrogens is 1300 g/mol. The maximum Gasteiger partial charge on any atom is 0.286 e. The van der Waals surface area contributed by atoms with Crippen molar-refractivity contribution in [3.05, 3.63) is 241 Å². The molecule has 0 unspecified atom stereocenters. The van der Waals surface area contributed by atoms with Crippen molar-refractivity contribution in [2.45, 2.75) is 79.6 Å². The molecule has 16 nitrogen and oxygen atoms in total. The smallest absolute Gasteiger partial charge is 0.286 e. The summed E-state index contributed by atoms with van der Waals surface area (Å²) >= 11 is 0. The second-order valence-electron chi connectivity index (χ2n) is 27.8. The van der Waals surface area contributed by atoms with E-state index in [0.717, 1.165) is 194 Å². The third kappa shape index (κ3) is 10.7. The van der Waals surface area contributed by atoms with E-state index in [-0.39, 0.29) is 0 Å². The SMILES string of the molecule is Cc1cc(-c2c(C)ccc3c2oc2c4ccccc4oc32)[n+](C)cn1.Cc1cc(-c2cc3oc4c5ccccc5oc4c3cc2C)[n+](C)cn1.Cc1cc2c(cc1-c1ccnc[n+]1C)oc1c3ccccc3oc21.Cc1ccc2c(oc3c4ccccc4oc23)c1-c1cc(C2CCCCC2)nc[n+]1C. The maximum absolute atomic E-state index is 6.48. The van der Waals surface area contributed by atoms with Crippen LogP contribution in [-0.2, 0) is 28.2 Å². The minimum absolute atomic E-state index is 0.565. The average molecular weight is 1370 g/mol. The summed E-state index contributed by atoms with van der Waals surface area (Å²) < 4.78 is 57.6. The van der Waals surface area contributed by atoms with Crippen LogP contribution in [0.5, 0.6) is 0 Å². The number of nitrogens with zero attached hydrogens (tertiary/aromatic N) is 8. The fourth-order valence-corrected chi connectivity index (χ4v) is 15.4. The molecule has 1 saturated carbocycles. The molecule has 1 aliphatic carbocycles. The van der Waals surface area contributed by atoms with Gasteiger partial charge in [0.1, 0.15) is 62.5 Å². The Morgan fingerprint density at radius 2 is 0.673 bits per heavy atom. The largest absolute Gasteiger partial charge is 0.452 e. The minimum Gasteiger partial charge on any atom is -0.452 e. The normalized spacial score (nSPS) is 12.9. The van der Waals surface area contributed by atoms with Crippen molar-refractivity contribution in [2.24, 2.45) is 28.2 Å². The van der Waals surface area contributed by atoms with E-state index >= 15 is 0 Å². The molecule has 12 aromatic heterocycles. The van der Waals surface area contributed by atoms with Gasteiger partial charge in [0.05, 0.1) is 82.4 Å². The van der Waals surface area contributed by atoms with E-state index in [4.69, 9.17) is 40.3 Å². The van der Waals surface area contributed by atoms with Crippen molar-refractivity contribution < 1.29 is 53.6 Å². The lowest BCUT2D eigenvalue weighted by atomic mass is 9.86. The molecular formula is C88H74N8O8+4. The van der Waals surface area contributed by atoms with E-state index in [0.29, 0.717) is 5.92 Å². The molecule has 8 aromatic carbocycles. The Hall–Kier alpha value is -12.6. The third-order valence-corrected chi connectivity index (χ3v) is 20.8. The highest BCUT2D eigenvalue weighted by atomic mass is 16.4. The molecule has 0 aliphatic heterocycles. The molecule has 0 spiro atoms. The summed E-state index contributed by atoms with van der Waals surface area (Å²) in [7, 11) is 8.07. The van der Waals surface area contributed by atoms with E-state index in [2.05, 4.69) is 127 Å². The van der Waals surface area contributed by atoms with E-state index in [1.54, 1.807) is 12.5 Å². The molecule has 0 saturated heterocycles. The lowest BCUT2D eigenvalue weighted by Gasteiger charge is -2.19. The number of hydrogen-bond donors (Lipinski definition) is 0. The number of rotatable bonds is 5. The number of benzene rings is 8. The standard InChI is InChI=1S/C26H25N2O2.2C21H17N2O2.C20H15N2O2/c1-16-12-13-19-24(30-25-18-10-6-7-11-22(18)29-26(19)25)23(16)21-14-20(27-15-28(21)2)17-8-4-3-5-9-17;1-12-8-16-19(10-15(12)17-9-13(2)22-11-23(17)3)25-20-14-6-4-5-7-18(14)24-21(16)20;1-12-8-9-15-19(18(12)16-10-13(2)22-11-23(16)3)25-20-14-6-4-5-7-17(14)24-21(15)20;1-12-9-15-18(10-14(12)16-7-8-21-11-22(16)2)24-19-13-5-3-4-6-17(13)23-20(15)19/h6-7,10-15,17H,3-5,8-9H2,1-2H3;2*4-11H,1-3H3;3-11H,1-2H3/q4*+1. The Balaban J connectivity index is 0.0000000992. The summed E-state index contributed by atoms with van der Waals surface area (Å²) in [6.45, 7) is 12.5. The van der Waals surface area contributed by atoms with Gasteiger partial charge >= 0.3 is 0 Å². The molecule has 21 rings (SSSR count). The summed E-state index contributed by atoms with van der Waals surface area (Å²) in [4.78, 5) is 17.6. The highest BCUT2D eigenvalue weighted by Crippen LogP contribution is 2.46. The monoisotopic (exact) mass is 1370 g/mol. The van der Waals surface area contributed by atoms with Crippen molar-refractivity contribution in [1.29, 1.82) is 0 Å². The Bertz CT molecular complexity index is 6820. The molecule has 1 fully saturated rings. The predicted octanol–water partition coefficient (Wildman–Crippen LogP) is 20.8. The van der Waals surface area contributed by atoms with Gasteiger partial charge in [-0.05, 0) is 148 Å². The molecule has 12 heterocycles. The molecule has 510 valence electrons. The van der Waals surface area contributed by atoms with Crippen LogP contribution in [0.1, 0.15) is 77.4 Å². The summed E-state index contributed by atoms with van der Waals surface area (Å²) in [5, 5.41) is 8.11. The van der Waals surface area contributed by atoms with Gasteiger partial charge in [-0.25, -0.2) is 18.3 Å². The Labute approximate surface area is 596 Å². The Morgan fingerprint density at radius 1 is 0.298 bits per heavy atom. The van der Waals surface area contributed by atoms with Gasteiger partial charge < -0.3 is 35.3 Å². The van der Waals surface area contributed by atoms with E-state index in [1.807, 2.05) is 165 Å². The molecule has 0 bridgehead atoms. The highest BCUT2D eigenvalue weighted by molar-refractivity contribution is 6.18. The van der Waals surface area contributed by atoms with Gasteiger partial charge in [0, 0.05) is 55.2 Å². The first kappa shape index (κ1) is 63.6. The second-order valence-corrected chi connectivity index (χ2v) is 27.8. The molecule has 104 heavy (non-hydrogen) atoms. The zero-order valence-corrected chi connectivity index (χ0v) is 59.5. The van der Waals surface area contributed by atoms with Crippen LogP contribution in [0.3, 0.4) is 0 Å². The van der Waals surface area contributed by atoms with Crippen molar-refractivity contribution in [3.63, 3.8) is 0 Å². The number of para-hydroxylation sites is 4. The third-order valence-electron chi connectivity index (χ3n) is 20.8. The first-order valence-corrected chi connectivity index (χ1v) is 35.3. The number of aromatic nitrogens is 8. The van der Waals surface area contributed by atoms with Crippen LogP contribution in [0.15, 0.2) is 237 Å². The molecule has 20 aromatic rings. The number of aryl methyl sites for hydroxylation is 10. The Kier molecular flexibility index (Phi) is 15.4. The lowest BCUT2D eigenvalue weighted by Crippen LogP contribution is -2.32. The molecule has 1 aliphatic rings. The van der Waals surface area contributed by atoms with Crippen molar-refractivity contribution in [2.75, 3.05) is 0 Å². The number of fused-ring (bicyclic) bond motifs is 20. The quantitative estimate of drug-likeness (QED) is 0.150. The van der Waals surface area contributed by atoms with Gasteiger partial charge in [-0.3, -0.25) is 0 Å². The lowest BCUT2D eigenvalue weighted by molar-refractivity contribution is -0.663. The highest BCUT2D eigenvalue weighted by Gasteiger charge is 2.29. The van der Waals surface area contributed by atoms with Crippen LogP contribution in [-0.4, -0.2) is 19.9 Å². The molecule has 0 amide bonds.